The van der Waals surface area contributed by atoms with Crippen LogP contribution in [0.4, 0.5) is 0 Å². The minimum atomic E-state index is -0.861. The maximum Gasteiger partial charge on any atom is 0.339 e. The van der Waals surface area contributed by atoms with Gasteiger partial charge >= 0.3 is 5.97 Å². The molecule has 0 saturated carbocycles. The summed E-state index contributed by atoms with van der Waals surface area (Å²) in [5, 5.41) is 18.1. The van der Waals surface area contributed by atoms with Gasteiger partial charge < -0.3 is 14.6 Å². The van der Waals surface area contributed by atoms with Crippen LogP contribution < -0.4 is 4.74 Å². The van der Waals surface area contributed by atoms with Gasteiger partial charge in [-0.3, -0.25) is 0 Å². The van der Waals surface area contributed by atoms with Gasteiger partial charge in [-0.15, -0.1) is 0 Å². The molecule has 1 rings (SSSR count). The Balaban J connectivity index is 3.03. The first-order valence-electron chi connectivity index (χ1n) is 5.25. The zero-order valence-corrected chi connectivity index (χ0v) is 10.7. The number of nitrogens with zero attached hydrogens (tertiary/aromatic N) is 1. The van der Waals surface area contributed by atoms with Crippen molar-refractivity contribution in [3.05, 3.63) is 22.7 Å². The lowest BCUT2D eigenvalue weighted by molar-refractivity contribution is 0.0435. The van der Waals surface area contributed by atoms with Crippen molar-refractivity contribution < 1.29 is 19.4 Å². The van der Waals surface area contributed by atoms with Crippen molar-refractivity contribution in [2.75, 3.05) is 6.61 Å². The molecule has 5 nitrogen and oxygen atoms in total. The Hall–Kier alpha value is -1.93. The van der Waals surface area contributed by atoms with Gasteiger partial charge in [0.25, 0.3) is 0 Å². The summed E-state index contributed by atoms with van der Waals surface area (Å²) in [5.41, 5.74) is 0.114. The second-order valence-corrected chi connectivity index (χ2v) is 3.82. The molecule has 0 radical (unpaired) electrons. The Bertz CT molecular complexity index is 496. The lowest BCUT2D eigenvalue weighted by Gasteiger charge is -2.10. The number of hydrogen-bond acceptors (Lipinski definition) is 5. The van der Waals surface area contributed by atoms with Crippen molar-refractivity contribution in [3.63, 3.8) is 0 Å². The number of rotatable bonds is 4. The van der Waals surface area contributed by atoms with Gasteiger partial charge in [-0.1, -0.05) is 11.6 Å². The van der Waals surface area contributed by atoms with E-state index >= 15 is 0 Å². The molecule has 6 heteroatoms. The van der Waals surface area contributed by atoms with E-state index in [1.807, 2.05) is 0 Å². The smallest absolute Gasteiger partial charge is 0.339 e. The first kappa shape index (κ1) is 14.1. The molecule has 0 aliphatic heterocycles. The molecule has 0 saturated heterocycles. The van der Waals surface area contributed by atoms with Gasteiger partial charge in [0, 0.05) is 0 Å². The Morgan fingerprint density at radius 1 is 1.61 bits per heavy atom. The molecule has 0 unspecified atom stereocenters. The molecule has 0 heterocycles. The van der Waals surface area contributed by atoms with E-state index in [0.29, 0.717) is 6.61 Å². The maximum atomic E-state index is 11.7. The molecule has 0 fully saturated rings. The number of esters is 1. The van der Waals surface area contributed by atoms with Gasteiger partial charge in [-0.2, -0.15) is 5.26 Å². The van der Waals surface area contributed by atoms with Crippen LogP contribution in [0.5, 0.6) is 11.5 Å². The first-order valence-corrected chi connectivity index (χ1v) is 5.63. The highest BCUT2D eigenvalue weighted by atomic mass is 35.5. The predicted molar refractivity (Wildman–Crippen MR) is 64.8 cm³/mol. The van der Waals surface area contributed by atoms with Gasteiger partial charge in [0.1, 0.15) is 6.07 Å². The van der Waals surface area contributed by atoms with E-state index < -0.39 is 12.1 Å². The number of nitriles is 1. The van der Waals surface area contributed by atoms with Crippen LogP contribution in [0.15, 0.2) is 12.1 Å². The van der Waals surface area contributed by atoms with Crippen LogP contribution in [0.1, 0.15) is 24.2 Å². The average Bonchev–Trinajstić information content (AvgIpc) is 2.34. The predicted octanol–water partition coefficient (Wildman–Crippen LogP) is 2.51. The molecule has 96 valence electrons. The van der Waals surface area contributed by atoms with Crippen molar-refractivity contribution in [1.29, 1.82) is 5.26 Å². The first-order chi connectivity index (χ1) is 8.49. The van der Waals surface area contributed by atoms with Crippen LogP contribution in [-0.2, 0) is 4.74 Å². The lowest BCUT2D eigenvalue weighted by atomic mass is 10.2. The molecule has 0 amide bonds. The average molecular weight is 270 g/mol. The largest absolute Gasteiger partial charge is 0.503 e. The molecule has 0 bridgehead atoms. The molecular formula is C12H12ClNO4. The molecule has 1 aromatic rings. The summed E-state index contributed by atoms with van der Waals surface area (Å²) in [4.78, 5) is 11.7. The zero-order chi connectivity index (χ0) is 13.7. The maximum absolute atomic E-state index is 11.7. The Labute approximate surface area is 109 Å². The number of carbonyl (C=O) groups excluding carboxylic acids is 1. The number of ether oxygens (including phenoxy) is 2. The third-order valence-corrected chi connectivity index (χ3v) is 2.32. The van der Waals surface area contributed by atoms with Gasteiger partial charge in [-0.25, -0.2) is 4.79 Å². The number of halogens is 1. The fourth-order valence-electron chi connectivity index (χ4n) is 1.21. The number of benzene rings is 1. The van der Waals surface area contributed by atoms with E-state index in [9.17, 15) is 9.90 Å². The second kappa shape index (κ2) is 6.12. The molecule has 1 atom stereocenters. The highest BCUT2D eigenvalue weighted by Crippen LogP contribution is 2.35. The molecule has 0 aliphatic rings. The van der Waals surface area contributed by atoms with Gasteiger partial charge in [0.05, 0.1) is 17.2 Å². The lowest BCUT2D eigenvalue weighted by Crippen LogP contribution is -2.13. The minimum absolute atomic E-state index is 0.0162. The second-order valence-electron chi connectivity index (χ2n) is 3.41. The van der Waals surface area contributed by atoms with Gasteiger partial charge in [0.15, 0.2) is 17.6 Å². The minimum Gasteiger partial charge on any atom is -0.503 e. The molecule has 0 aliphatic carbocycles. The van der Waals surface area contributed by atoms with Crippen molar-refractivity contribution in [2.24, 2.45) is 0 Å². The standard InChI is InChI=1S/C12H12ClNO4/c1-3-17-10-5-8(4-9(13)11(10)15)12(16)18-7(2)6-14/h4-5,7,15H,3H2,1-2H3/t7-/m0/s1. The van der Waals surface area contributed by atoms with Crippen molar-refractivity contribution >= 4 is 17.6 Å². The van der Waals surface area contributed by atoms with Crippen LogP contribution >= 0.6 is 11.6 Å². The Morgan fingerprint density at radius 3 is 2.83 bits per heavy atom. The summed E-state index contributed by atoms with van der Waals surface area (Å²) in [6.45, 7) is 3.50. The summed E-state index contributed by atoms with van der Waals surface area (Å²) in [6.07, 6.45) is -0.861. The number of hydrogen-bond donors (Lipinski definition) is 1. The molecule has 1 N–H and O–H groups in total. The highest BCUT2D eigenvalue weighted by molar-refractivity contribution is 6.32. The van der Waals surface area contributed by atoms with E-state index in [-0.39, 0.29) is 22.1 Å². The number of carbonyl (C=O) groups is 1. The Kier molecular flexibility index (Phi) is 4.81. The van der Waals surface area contributed by atoms with Crippen LogP contribution in [0.25, 0.3) is 0 Å². The van der Waals surface area contributed by atoms with Crippen LogP contribution in [0.3, 0.4) is 0 Å². The van der Waals surface area contributed by atoms with Crippen molar-refractivity contribution in [2.45, 2.75) is 20.0 Å². The van der Waals surface area contributed by atoms with Crippen LogP contribution in [0, 0.1) is 11.3 Å². The topological polar surface area (TPSA) is 79.5 Å². The third-order valence-electron chi connectivity index (χ3n) is 2.03. The number of aromatic hydroxyl groups is 1. The van der Waals surface area contributed by atoms with Crippen molar-refractivity contribution in [3.8, 4) is 17.6 Å². The third kappa shape index (κ3) is 3.28. The highest BCUT2D eigenvalue weighted by Gasteiger charge is 2.17. The summed E-state index contributed by atoms with van der Waals surface area (Å²) in [5.74, 6) is -0.836. The molecule has 18 heavy (non-hydrogen) atoms. The number of phenols is 1. The van der Waals surface area contributed by atoms with E-state index in [0.717, 1.165) is 0 Å². The molecule has 0 spiro atoms. The number of phenolic OH excluding ortho intramolecular Hbond substituents is 1. The van der Waals surface area contributed by atoms with E-state index in [1.54, 1.807) is 13.0 Å². The van der Waals surface area contributed by atoms with Crippen LogP contribution in [0.2, 0.25) is 5.02 Å². The Morgan fingerprint density at radius 2 is 2.28 bits per heavy atom. The quantitative estimate of drug-likeness (QED) is 0.850. The van der Waals surface area contributed by atoms with Crippen LogP contribution in [-0.4, -0.2) is 23.8 Å². The summed E-state index contributed by atoms with van der Waals surface area (Å²) < 4.78 is 9.95. The fraction of sp³-hybridized carbons (Fsp3) is 0.333. The normalized spacial score (nSPS) is 11.4. The molecular weight excluding hydrogens is 258 g/mol. The SMILES string of the molecule is CCOc1cc(C(=O)O[C@@H](C)C#N)cc(Cl)c1O. The molecule has 1 aromatic carbocycles. The monoisotopic (exact) mass is 269 g/mol. The fourth-order valence-corrected chi connectivity index (χ4v) is 1.42. The van der Waals surface area contributed by atoms with E-state index in [2.05, 4.69) is 0 Å². The summed E-state index contributed by atoms with van der Waals surface area (Å²) >= 11 is 5.77. The van der Waals surface area contributed by atoms with E-state index in [1.165, 1.54) is 19.1 Å². The summed E-state index contributed by atoms with van der Waals surface area (Å²) in [6, 6.07) is 4.35. The summed E-state index contributed by atoms with van der Waals surface area (Å²) in [7, 11) is 0. The zero-order valence-electron chi connectivity index (χ0n) is 9.94. The van der Waals surface area contributed by atoms with Gasteiger partial charge in [0.2, 0.25) is 0 Å². The van der Waals surface area contributed by atoms with E-state index in [4.69, 9.17) is 26.3 Å². The van der Waals surface area contributed by atoms with Gasteiger partial charge in [-0.05, 0) is 26.0 Å². The van der Waals surface area contributed by atoms with Crippen molar-refractivity contribution in [1.82, 2.24) is 0 Å². The molecule has 0 aromatic heterocycles.